The van der Waals surface area contributed by atoms with Crippen molar-refractivity contribution in [2.24, 2.45) is 0 Å². The molecule has 9 heavy (non-hydrogen) atoms. The molecule has 0 saturated heterocycles. The summed E-state index contributed by atoms with van der Waals surface area (Å²) in [7, 11) is 0. The average molecular weight is 351 g/mol. The van der Waals surface area contributed by atoms with Crippen LogP contribution in [0.2, 0.25) is 0 Å². The Kier molecular flexibility index (Phi) is 112. The molecule has 0 aromatic rings. The quantitative estimate of drug-likeness (QED) is 0.696. The van der Waals surface area contributed by atoms with E-state index in [4.69, 9.17) is 4.74 Å². The first kappa shape index (κ1) is 30.8. The topological polar surface area (TPSA) is 9.23 Å². The van der Waals surface area contributed by atoms with Gasteiger partial charge in [-0.05, 0) is 13.8 Å². The van der Waals surface area contributed by atoms with E-state index in [2.05, 4.69) is 0 Å². The van der Waals surface area contributed by atoms with Crippen LogP contribution < -0.4 is 0 Å². The molecule has 0 aliphatic rings. The Morgan fingerprint density at radius 2 is 1.11 bits per heavy atom. The van der Waals surface area contributed by atoms with Crippen LogP contribution in [0.5, 0.6) is 0 Å². The molecule has 0 aromatic heterocycles. The van der Waals surface area contributed by atoms with Gasteiger partial charge in [-0.2, -0.15) is 9.90 Å². The van der Waals surface area contributed by atoms with E-state index in [0.29, 0.717) is 0 Å². The van der Waals surface area contributed by atoms with Crippen LogP contribution in [0.1, 0.15) is 13.8 Å². The van der Waals surface area contributed by atoms with Crippen LogP contribution in [0.15, 0.2) is 0 Å². The minimum absolute atomic E-state index is 0. The van der Waals surface area contributed by atoms with Gasteiger partial charge in [0.05, 0.1) is 0 Å². The van der Waals surface area contributed by atoms with E-state index < -0.39 is 0 Å². The van der Waals surface area contributed by atoms with Gasteiger partial charge in [-0.15, -0.1) is 50.9 Å². The fourth-order valence-corrected chi connectivity index (χ4v) is 0.204. The van der Waals surface area contributed by atoms with Gasteiger partial charge in [0.15, 0.2) is 0 Å². The molecule has 64 valence electrons. The van der Waals surface area contributed by atoms with E-state index in [1.165, 1.54) is 0 Å². The molecule has 5 heteroatoms. The summed E-state index contributed by atoms with van der Waals surface area (Å²) in [6.07, 6.45) is 0. The van der Waals surface area contributed by atoms with Gasteiger partial charge in [-0.3, -0.25) is 0 Å². The van der Waals surface area contributed by atoms with Crippen LogP contribution in [-0.2, 0) is 4.74 Å². The number of halogens is 3. The van der Waals surface area contributed by atoms with Crippen LogP contribution in [0.4, 0.5) is 0 Å². The molecule has 1 unspecified atom stereocenters. The molecule has 0 aromatic carbocycles. The van der Waals surface area contributed by atoms with Crippen molar-refractivity contribution in [1.29, 1.82) is 0 Å². The number of hydrogen-bond donors (Lipinski definition) is 0. The molecule has 1 atom stereocenters. The monoisotopic (exact) mass is 348 g/mol. The number of ether oxygens (including phenoxy) is 1. The van der Waals surface area contributed by atoms with E-state index in [9.17, 15) is 0 Å². The molecule has 0 N–H and O–H groups in total. The second kappa shape index (κ2) is 32.9. The lowest BCUT2D eigenvalue weighted by Crippen LogP contribution is -1.84. The van der Waals surface area contributed by atoms with Crippen molar-refractivity contribution in [3.8, 4) is 0 Å². The first-order chi connectivity index (χ1) is 2.41. The minimum atomic E-state index is 0. The molecule has 0 amide bonds. The summed E-state index contributed by atoms with van der Waals surface area (Å²) < 4.78 is 4.83. The third-order valence-corrected chi connectivity index (χ3v) is 0.408. The summed E-state index contributed by atoms with van der Waals surface area (Å²) in [4.78, 5) is 0. The Labute approximate surface area is 92.2 Å². The van der Waals surface area contributed by atoms with E-state index in [1.807, 2.05) is 13.8 Å². The van der Waals surface area contributed by atoms with Crippen molar-refractivity contribution in [3.05, 3.63) is 0 Å². The van der Waals surface area contributed by atoms with Crippen LogP contribution in [-0.4, -0.2) is 13.2 Å². The van der Waals surface area contributed by atoms with Gasteiger partial charge in [0.1, 0.15) is 0 Å². The van der Waals surface area contributed by atoms with Gasteiger partial charge in [-0.1, -0.05) is 0 Å². The van der Waals surface area contributed by atoms with E-state index in [-0.39, 0.29) is 60.8 Å². The maximum absolute atomic E-state index is 4.83. The van der Waals surface area contributed by atoms with E-state index in [1.54, 1.807) is 0 Å². The van der Waals surface area contributed by atoms with E-state index >= 15 is 0 Å². The lowest BCUT2D eigenvalue weighted by Gasteiger charge is -1.86. The molecular weight excluding hydrogens is 335 g/mol. The Morgan fingerprint density at radius 1 is 0.889 bits per heavy atom. The maximum Gasteiger partial charge on any atom is 0.0437 e. The van der Waals surface area contributed by atoms with Crippen LogP contribution in [0.3, 0.4) is 0 Å². The third kappa shape index (κ3) is 41.1. The predicted molar refractivity (Wildman–Crippen MR) is 64.2 cm³/mol. The molecule has 0 radical (unpaired) electrons. The summed E-state index contributed by atoms with van der Waals surface area (Å²) in [5.74, 6) is 0. The highest BCUT2D eigenvalue weighted by molar-refractivity contribution is 8.93. The Hall–Kier alpha value is 1.83. The van der Waals surface area contributed by atoms with Gasteiger partial charge in [0, 0.05) is 13.2 Å². The van der Waals surface area contributed by atoms with E-state index in [0.717, 1.165) is 13.2 Å². The second-order valence-electron chi connectivity index (χ2n) is 0.781. The lowest BCUT2D eigenvalue weighted by molar-refractivity contribution is 0.162. The van der Waals surface area contributed by atoms with Crippen molar-refractivity contribution in [3.63, 3.8) is 0 Å². The first-order valence-electron chi connectivity index (χ1n) is 1.99. The van der Waals surface area contributed by atoms with Crippen molar-refractivity contribution in [2.45, 2.75) is 13.8 Å². The minimum Gasteiger partial charge on any atom is -0.382 e. The summed E-state index contributed by atoms with van der Waals surface area (Å²) in [6, 6.07) is 0. The molecule has 0 aliphatic heterocycles. The Morgan fingerprint density at radius 3 is 1.11 bits per heavy atom. The number of hydrogen-bond acceptors (Lipinski definition) is 1. The van der Waals surface area contributed by atoms with Crippen molar-refractivity contribution < 1.29 is 4.74 Å². The molecular formula is C4H16Br3OP. The third-order valence-electron chi connectivity index (χ3n) is 0.408. The normalized spacial score (nSPS) is 4.67. The fourth-order valence-electron chi connectivity index (χ4n) is 0.204. The molecule has 0 aliphatic carbocycles. The van der Waals surface area contributed by atoms with Crippen LogP contribution in [0, 0.1) is 0 Å². The lowest BCUT2D eigenvalue weighted by atomic mass is 10.8. The number of rotatable bonds is 2. The SMILES string of the molecule is Br.Br.Br.CCOCC.P. The molecule has 1 nitrogen and oxygen atoms in total. The zero-order valence-corrected chi connectivity index (χ0v) is 12.3. The van der Waals surface area contributed by atoms with Gasteiger partial charge in [0.2, 0.25) is 0 Å². The fraction of sp³-hybridized carbons (Fsp3) is 1.00. The molecule has 0 spiro atoms. The van der Waals surface area contributed by atoms with Crippen molar-refractivity contribution >= 4 is 60.8 Å². The van der Waals surface area contributed by atoms with Gasteiger partial charge < -0.3 is 4.74 Å². The highest BCUT2D eigenvalue weighted by atomic mass is 79.9. The summed E-state index contributed by atoms with van der Waals surface area (Å²) in [5.41, 5.74) is 0. The van der Waals surface area contributed by atoms with Gasteiger partial charge in [-0.25, -0.2) is 0 Å². The molecule has 0 heterocycles. The zero-order chi connectivity index (χ0) is 4.12. The van der Waals surface area contributed by atoms with Crippen molar-refractivity contribution in [1.82, 2.24) is 0 Å². The standard InChI is InChI=1S/C4H10O.3BrH.H3P/c1-3-5-4-2;;;;/h3-4H2,1-2H3;3*1H;1H3. The van der Waals surface area contributed by atoms with Crippen LogP contribution >= 0.6 is 60.8 Å². The summed E-state index contributed by atoms with van der Waals surface area (Å²) in [6.45, 7) is 5.67. The van der Waals surface area contributed by atoms with Gasteiger partial charge in [0.25, 0.3) is 0 Å². The maximum atomic E-state index is 4.83. The smallest absolute Gasteiger partial charge is 0.0437 e. The zero-order valence-electron chi connectivity index (χ0n) is 5.75. The van der Waals surface area contributed by atoms with Crippen LogP contribution in [0.25, 0.3) is 0 Å². The Balaban J connectivity index is -0.0000000133. The largest absolute Gasteiger partial charge is 0.382 e. The predicted octanol–water partition coefficient (Wildman–Crippen LogP) is 2.83. The molecule has 0 rings (SSSR count). The molecule has 0 bridgehead atoms. The highest BCUT2D eigenvalue weighted by Gasteiger charge is 1.64. The molecule has 0 fully saturated rings. The summed E-state index contributed by atoms with van der Waals surface area (Å²) >= 11 is 0. The average Bonchev–Trinajstić information content (AvgIpc) is 1.41. The first-order valence-corrected chi connectivity index (χ1v) is 1.99. The van der Waals surface area contributed by atoms with Gasteiger partial charge >= 0.3 is 0 Å². The summed E-state index contributed by atoms with van der Waals surface area (Å²) in [5, 5.41) is 0. The molecule has 0 saturated carbocycles. The second-order valence-corrected chi connectivity index (χ2v) is 0.781. The van der Waals surface area contributed by atoms with Crippen molar-refractivity contribution in [2.75, 3.05) is 13.2 Å². The Bertz CT molecular complexity index is 23.3. The highest BCUT2D eigenvalue weighted by Crippen LogP contribution is 1.64.